The third kappa shape index (κ3) is 2.33. The summed E-state index contributed by atoms with van der Waals surface area (Å²) in [6.07, 6.45) is 1.67. The van der Waals surface area contributed by atoms with E-state index in [-0.39, 0.29) is 11.3 Å². The lowest BCUT2D eigenvalue weighted by Gasteiger charge is -2.24. The first-order valence-corrected chi connectivity index (χ1v) is 6.19. The Kier molecular flexibility index (Phi) is 3.41. The monoisotopic (exact) mass is 253 g/mol. The Morgan fingerprint density at radius 1 is 1.44 bits per heavy atom. The van der Waals surface area contributed by atoms with E-state index in [1.807, 2.05) is 13.1 Å². The zero-order chi connectivity index (χ0) is 11.5. The van der Waals surface area contributed by atoms with Gasteiger partial charge in [-0.25, -0.2) is 9.97 Å². The molecule has 0 spiro atoms. The van der Waals surface area contributed by atoms with Crippen LogP contribution < -0.4 is 4.90 Å². The predicted molar refractivity (Wildman–Crippen MR) is 68.2 cm³/mol. The van der Waals surface area contributed by atoms with E-state index in [9.17, 15) is 0 Å². The molecule has 3 nitrogen and oxygen atoms in total. The van der Waals surface area contributed by atoms with Crippen LogP contribution in [0.15, 0.2) is 29.8 Å². The normalized spacial score (nSPS) is 12.4. The number of thiophene rings is 1. The highest BCUT2D eigenvalue weighted by Crippen LogP contribution is 2.26. The lowest BCUT2D eigenvalue weighted by molar-refractivity contribution is 0.740. The summed E-state index contributed by atoms with van der Waals surface area (Å²) in [7, 11) is 2.00. The van der Waals surface area contributed by atoms with Gasteiger partial charge in [0, 0.05) is 18.1 Å². The van der Waals surface area contributed by atoms with Crippen molar-refractivity contribution in [2.24, 2.45) is 0 Å². The van der Waals surface area contributed by atoms with Gasteiger partial charge in [-0.2, -0.15) is 0 Å². The zero-order valence-corrected chi connectivity index (χ0v) is 10.7. The van der Waals surface area contributed by atoms with E-state index in [1.165, 1.54) is 4.88 Å². The van der Waals surface area contributed by atoms with E-state index in [2.05, 4.69) is 39.3 Å². The second-order valence-electron chi connectivity index (χ2n) is 3.49. The van der Waals surface area contributed by atoms with E-state index in [1.54, 1.807) is 17.5 Å². The van der Waals surface area contributed by atoms with Crippen molar-refractivity contribution >= 4 is 28.8 Å². The van der Waals surface area contributed by atoms with Gasteiger partial charge in [0.25, 0.3) is 0 Å². The van der Waals surface area contributed by atoms with Crippen LogP contribution in [-0.2, 0) is 0 Å². The molecule has 1 unspecified atom stereocenters. The van der Waals surface area contributed by atoms with Crippen LogP contribution in [-0.4, -0.2) is 17.0 Å². The van der Waals surface area contributed by atoms with E-state index in [0.29, 0.717) is 0 Å². The Bertz CT molecular complexity index is 458. The van der Waals surface area contributed by atoms with Gasteiger partial charge in [0.05, 0.1) is 6.04 Å². The molecule has 84 valence electrons. The maximum Gasteiger partial charge on any atom is 0.224 e. The van der Waals surface area contributed by atoms with Crippen molar-refractivity contribution in [3.05, 3.63) is 39.9 Å². The van der Waals surface area contributed by atoms with Crippen molar-refractivity contribution in [2.45, 2.75) is 13.0 Å². The van der Waals surface area contributed by atoms with Crippen LogP contribution in [0.25, 0.3) is 0 Å². The number of nitrogens with zero attached hydrogens (tertiary/aromatic N) is 3. The maximum absolute atomic E-state index is 5.77. The molecule has 0 aliphatic rings. The van der Waals surface area contributed by atoms with Gasteiger partial charge < -0.3 is 4.90 Å². The summed E-state index contributed by atoms with van der Waals surface area (Å²) in [4.78, 5) is 11.4. The van der Waals surface area contributed by atoms with Gasteiger partial charge in [-0.3, -0.25) is 0 Å². The number of aromatic nitrogens is 2. The summed E-state index contributed by atoms with van der Waals surface area (Å²) >= 11 is 7.51. The van der Waals surface area contributed by atoms with Gasteiger partial charge in [0.15, 0.2) is 0 Å². The first kappa shape index (κ1) is 11.4. The number of hydrogen-bond acceptors (Lipinski definition) is 4. The standard InChI is InChI=1S/C11H12ClN3S/c1-8(9-4-3-7-16-9)15(2)10-5-6-13-11(12)14-10/h3-8H,1-2H3. The van der Waals surface area contributed by atoms with E-state index in [0.717, 1.165) is 5.82 Å². The summed E-state index contributed by atoms with van der Waals surface area (Å²) in [5.74, 6) is 0.834. The lowest BCUT2D eigenvalue weighted by atomic mass is 10.2. The maximum atomic E-state index is 5.77. The Morgan fingerprint density at radius 3 is 2.88 bits per heavy atom. The first-order valence-electron chi connectivity index (χ1n) is 4.93. The topological polar surface area (TPSA) is 29.0 Å². The third-order valence-electron chi connectivity index (χ3n) is 2.51. The van der Waals surface area contributed by atoms with Crippen molar-refractivity contribution in [1.82, 2.24) is 9.97 Å². The Balaban J connectivity index is 2.22. The van der Waals surface area contributed by atoms with E-state index >= 15 is 0 Å². The number of halogens is 1. The predicted octanol–water partition coefficient (Wildman–Crippen LogP) is 3.39. The number of rotatable bonds is 3. The zero-order valence-electron chi connectivity index (χ0n) is 9.09. The molecule has 2 rings (SSSR count). The highest BCUT2D eigenvalue weighted by atomic mass is 35.5. The highest BCUT2D eigenvalue weighted by molar-refractivity contribution is 7.10. The van der Waals surface area contributed by atoms with Crippen LogP contribution in [0.1, 0.15) is 17.8 Å². The fraction of sp³-hybridized carbons (Fsp3) is 0.273. The van der Waals surface area contributed by atoms with Crippen LogP contribution in [0.2, 0.25) is 5.28 Å². The summed E-state index contributed by atoms with van der Waals surface area (Å²) in [6, 6.07) is 6.31. The van der Waals surface area contributed by atoms with Crippen molar-refractivity contribution in [2.75, 3.05) is 11.9 Å². The van der Waals surface area contributed by atoms with Crippen molar-refractivity contribution in [3.8, 4) is 0 Å². The summed E-state index contributed by atoms with van der Waals surface area (Å²) in [6.45, 7) is 2.14. The Labute approximate surface area is 104 Å². The van der Waals surface area contributed by atoms with Crippen molar-refractivity contribution in [1.29, 1.82) is 0 Å². The molecule has 0 aromatic carbocycles. The molecular weight excluding hydrogens is 242 g/mol. The molecule has 0 amide bonds. The smallest absolute Gasteiger partial charge is 0.224 e. The highest BCUT2D eigenvalue weighted by Gasteiger charge is 2.14. The molecule has 0 fully saturated rings. The van der Waals surface area contributed by atoms with Gasteiger partial charge in [0.2, 0.25) is 5.28 Å². The van der Waals surface area contributed by atoms with Gasteiger partial charge >= 0.3 is 0 Å². The molecule has 16 heavy (non-hydrogen) atoms. The molecule has 1 atom stereocenters. The van der Waals surface area contributed by atoms with Crippen molar-refractivity contribution in [3.63, 3.8) is 0 Å². The van der Waals surface area contributed by atoms with Crippen molar-refractivity contribution < 1.29 is 0 Å². The Hall–Kier alpha value is -1.13. The SMILES string of the molecule is CC(c1cccs1)N(C)c1ccnc(Cl)n1. The van der Waals surface area contributed by atoms with Gasteiger partial charge in [0.1, 0.15) is 5.82 Å². The van der Waals surface area contributed by atoms with E-state index < -0.39 is 0 Å². The van der Waals surface area contributed by atoms with Crippen LogP contribution in [0.3, 0.4) is 0 Å². The average molecular weight is 254 g/mol. The summed E-state index contributed by atoms with van der Waals surface area (Å²) in [5, 5.41) is 2.36. The molecule has 0 bridgehead atoms. The quantitative estimate of drug-likeness (QED) is 0.786. The van der Waals surface area contributed by atoms with E-state index in [4.69, 9.17) is 11.6 Å². The molecule has 0 saturated heterocycles. The van der Waals surface area contributed by atoms with Gasteiger partial charge in [-0.05, 0) is 36.0 Å². The summed E-state index contributed by atoms with van der Waals surface area (Å²) in [5.41, 5.74) is 0. The van der Waals surface area contributed by atoms with Gasteiger partial charge in [-0.1, -0.05) is 6.07 Å². The van der Waals surface area contributed by atoms with Crippen LogP contribution in [0.5, 0.6) is 0 Å². The third-order valence-corrected chi connectivity index (χ3v) is 3.73. The molecular formula is C11H12ClN3S. The molecule has 2 aromatic heterocycles. The summed E-state index contributed by atoms with van der Waals surface area (Å²) < 4.78 is 0. The van der Waals surface area contributed by atoms with Crippen LogP contribution >= 0.6 is 22.9 Å². The molecule has 5 heteroatoms. The minimum Gasteiger partial charge on any atom is -0.352 e. The lowest BCUT2D eigenvalue weighted by Crippen LogP contribution is -2.21. The second-order valence-corrected chi connectivity index (χ2v) is 4.80. The van der Waals surface area contributed by atoms with Crippen LogP contribution in [0, 0.1) is 0 Å². The fourth-order valence-electron chi connectivity index (χ4n) is 1.44. The molecule has 0 radical (unpaired) electrons. The molecule has 2 aromatic rings. The molecule has 0 N–H and O–H groups in total. The Morgan fingerprint density at radius 2 is 2.25 bits per heavy atom. The second kappa shape index (κ2) is 4.80. The van der Waals surface area contributed by atoms with Gasteiger partial charge in [-0.15, -0.1) is 11.3 Å². The first-order chi connectivity index (χ1) is 7.68. The molecule has 2 heterocycles. The fourth-order valence-corrected chi connectivity index (χ4v) is 2.41. The average Bonchev–Trinajstić information content (AvgIpc) is 2.80. The minimum atomic E-state index is 0.280. The molecule has 0 saturated carbocycles. The molecule has 0 aliphatic carbocycles. The number of hydrogen-bond donors (Lipinski definition) is 0. The largest absolute Gasteiger partial charge is 0.352 e. The van der Waals surface area contributed by atoms with Crippen LogP contribution in [0.4, 0.5) is 5.82 Å². The molecule has 0 aliphatic heterocycles. The number of anilines is 1. The minimum absolute atomic E-state index is 0.280.